The van der Waals surface area contributed by atoms with Crippen molar-refractivity contribution in [3.05, 3.63) is 215 Å². The van der Waals surface area contributed by atoms with Crippen LogP contribution in [-0.4, -0.2) is 123 Å². The smallest absolute Gasteiger partial charge is 0.338 e. The predicted octanol–water partition coefficient (Wildman–Crippen LogP) is 6.45. The van der Waals surface area contributed by atoms with Crippen molar-refractivity contribution in [2.75, 3.05) is 20.3 Å². The first-order chi connectivity index (χ1) is 35.1. The van der Waals surface area contributed by atoms with Crippen LogP contribution in [0, 0.1) is 0 Å². The summed E-state index contributed by atoms with van der Waals surface area (Å²) in [5.74, 6) is -5.16. The van der Waals surface area contributed by atoms with Gasteiger partial charge < -0.3 is 52.5 Å². The summed E-state index contributed by atoms with van der Waals surface area (Å²) in [6.45, 7) is -1.40. The van der Waals surface area contributed by atoms with Crippen LogP contribution in [0.2, 0.25) is 0 Å². The van der Waals surface area contributed by atoms with Gasteiger partial charge in [-0.25, -0.2) is 28.8 Å². The van der Waals surface area contributed by atoms with Crippen molar-refractivity contribution in [1.29, 1.82) is 0 Å². The molecule has 2 aliphatic rings. The summed E-state index contributed by atoms with van der Waals surface area (Å²) in [5, 5.41) is 11.8. The number of rotatable bonds is 19. The van der Waals surface area contributed by atoms with Gasteiger partial charge in [0.05, 0.1) is 40.0 Å². The third-order valence-electron chi connectivity index (χ3n) is 11.5. The van der Waals surface area contributed by atoms with Crippen LogP contribution in [0.4, 0.5) is 0 Å². The lowest BCUT2D eigenvalue weighted by Crippen LogP contribution is -2.48. The minimum absolute atomic E-state index is 0.0870. The third-order valence-corrected chi connectivity index (χ3v) is 11.5. The Kier molecular flexibility index (Phi) is 16.9. The van der Waals surface area contributed by atoms with Gasteiger partial charge in [0.25, 0.3) is 0 Å². The second kappa shape index (κ2) is 24.2. The molecule has 0 spiro atoms. The summed E-state index contributed by atoms with van der Waals surface area (Å²) >= 11 is 0. The number of benzene rings is 6. The number of carbonyl (C=O) groups excluding carboxylic acids is 6. The van der Waals surface area contributed by atoms with Gasteiger partial charge in [0.15, 0.2) is 43.1 Å². The van der Waals surface area contributed by atoms with Crippen LogP contribution < -0.4 is 0 Å². The molecule has 370 valence electrons. The van der Waals surface area contributed by atoms with Gasteiger partial charge in [-0.05, 0) is 72.8 Å². The monoisotopic (exact) mass is 980 g/mol. The number of methoxy groups -OCH3 is 1. The summed E-state index contributed by atoms with van der Waals surface area (Å²) in [7, 11) is 1.27. The highest BCUT2D eigenvalue weighted by atomic mass is 16.8. The molecule has 0 radical (unpaired) electrons. The zero-order valence-electron chi connectivity index (χ0n) is 38.5. The second-order valence-corrected chi connectivity index (χ2v) is 16.3. The Labute approximate surface area is 413 Å². The lowest BCUT2D eigenvalue weighted by molar-refractivity contribution is -0.209. The SMILES string of the molecule is CO[C@@H]1O[C@@H]([C@@H](CO[C@@H]2O[C@@H]([C@H](O)COC(=O)c3ccccc3)[C@H](OC(=O)c3ccccc3)[C@H]2OC(=O)c2ccccc2)OC(=O)c2ccccc2)[C@H](OC(=O)c2ccccc2)[C@H]1OC(=O)c1ccccc1. The van der Waals surface area contributed by atoms with Crippen LogP contribution in [0.5, 0.6) is 0 Å². The summed E-state index contributed by atoms with van der Waals surface area (Å²) in [4.78, 5) is 82.3. The molecule has 8 rings (SSSR count). The Morgan fingerprint density at radius 1 is 0.417 bits per heavy atom. The number of aliphatic hydroxyl groups excluding tert-OH is 1. The summed E-state index contributed by atoms with van der Waals surface area (Å²) in [5.41, 5.74) is 0.743. The lowest BCUT2D eigenvalue weighted by Gasteiger charge is -2.30. The molecule has 17 nitrogen and oxygen atoms in total. The molecular formula is C55H48O17. The van der Waals surface area contributed by atoms with E-state index in [9.17, 15) is 33.9 Å². The van der Waals surface area contributed by atoms with E-state index < -0.39 is 110 Å². The van der Waals surface area contributed by atoms with Gasteiger partial charge in [-0.3, -0.25) is 0 Å². The highest BCUT2D eigenvalue weighted by Gasteiger charge is 2.57. The maximum Gasteiger partial charge on any atom is 0.338 e. The molecular weight excluding hydrogens is 933 g/mol. The predicted molar refractivity (Wildman–Crippen MR) is 251 cm³/mol. The van der Waals surface area contributed by atoms with Crippen LogP contribution in [0.25, 0.3) is 0 Å². The van der Waals surface area contributed by atoms with E-state index in [1.165, 1.54) is 79.9 Å². The molecule has 0 amide bonds. The summed E-state index contributed by atoms with van der Waals surface area (Å²) < 4.78 is 60.3. The van der Waals surface area contributed by atoms with Crippen molar-refractivity contribution >= 4 is 35.8 Å². The molecule has 17 heteroatoms. The Morgan fingerprint density at radius 2 is 0.736 bits per heavy atom. The molecule has 0 unspecified atom stereocenters. The molecule has 1 N–H and O–H groups in total. The van der Waals surface area contributed by atoms with Crippen molar-refractivity contribution in [2.24, 2.45) is 0 Å². The fraction of sp³-hybridized carbons (Fsp3) is 0.236. The van der Waals surface area contributed by atoms with E-state index in [1.54, 1.807) is 109 Å². The molecule has 0 aliphatic carbocycles. The topological polar surface area (TPSA) is 215 Å². The van der Waals surface area contributed by atoms with Gasteiger partial charge in [0.1, 0.15) is 24.9 Å². The van der Waals surface area contributed by atoms with Crippen molar-refractivity contribution < 1.29 is 81.2 Å². The Balaban J connectivity index is 1.15. The number of esters is 6. The largest absolute Gasteiger partial charge is 0.459 e. The van der Waals surface area contributed by atoms with Gasteiger partial charge >= 0.3 is 35.8 Å². The fourth-order valence-electron chi connectivity index (χ4n) is 7.89. The molecule has 0 saturated carbocycles. The van der Waals surface area contributed by atoms with Crippen LogP contribution >= 0.6 is 0 Å². The molecule has 10 atom stereocenters. The number of hydrogen-bond acceptors (Lipinski definition) is 17. The quantitative estimate of drug-likeness (QED) is 0.0682. The molecule has 6 aromatic carbocycles. The minimum Gasteiger partial charge on any atom is -0.459 e. The molecule has 2 heterocycles. The van der Waals surface area contributed by atoms with E-state index in [0.717, 1.165) is 0 Å². The van der Waals surface area contributed by atoms with Gasteiger partial charge in [0, 0.05) is 7.11 Å². The number of ether oxygens (including phenoxy) is 10. The van der Waals surface area contributed by atoms with Crippen LogP contribution in [-0.2, 0) is 47.4 Å². The zero-order valence-corrected chi connectivity index (χ0v) is 38.5. The first kappa shape index (κ1) is 50.3. The average molecular weight is 981 g/mol. The molecule has 0 bridgehead atoms. The Morgan fingerprint density at radius 3 is 1.12 bits per heavy atom. The van der Waals surface area contributed by atoms with E-state index in [0.29, 0.717) is 0 Å². The van der Waals surface area contributed by atoms with E-state index in [-0.39, 0.29) is 33.4 Å². The number of hydrogen-bond donors (Lipinski definition) is 1. The van der Waals surface area contributed by atoms with Gasteiger partial charge in [-0.1, -0.05) is 109 Å². The molecule has 2 aliphatic heterocycles. The zero-order chi connectivity index (χ0) is 50.4. The first-order valence-corrected chi connectivity index (χ1v) is 22.7. The van der Waals surface area contributed by atoms with E-state index in [1.807, 2.05) is 0 Å². The molecule has 0 aromatic heterocycles. The summed E-state index contributed by atoms with van der Waals surface area (Å²) in [6.07, 6.45) is -16.0. The van der Waals surface area contributed by atoms with Gasteiger partial charge in [0.2, 0.25) is 0 Å². The second-order valence-electron chi connectivity index (χ2n) is 16.3. The average Bonchev–Trinajstić information content (AvgIpc) is 3.95. The third kappa shape index (κ3) is 12.4. The number of aliphatic hydroxyl groups is 1. The lowest BCUT2D eigenvalue weighted by atomic mass is 10.0. The van der Waals surface area contributed by atoms with Gasteiger partial charge in [-0.15, -0.1) is 0 Å². The maximum atomic E-state index is 14.0. The maximum absolute atomic E-state index is 14.0. The van der Waals surface area contributed by atoms with Crippen molar-refractivity contribution in [1.82, 2.24) is 0 Å². The fourth-order valence-corrected chi connectivity index (χ4v) is 7.89. The van der Waals surface area contributed by atoms with Crippen LogP contribution in [0.1, 0.15) is 62.1 Å². The molecule has 72 heavy (non-hydrogen) atoms. The highest BCUT2D eigenvalue weighted by molar-refractivity contribution is 5.92. The van der Waals surface area contributed by atoms with Crippen LogP contribution in [0.15, 0.2) is 182 Å². The normalized spacial score (nSPS) is 22.1. The highest BCUT2D eigenvalue weighted by Crippen LogP contribution is 2.35. The van der Waals surface area contributed by atoms with Crippen molar-refractivity contribution in [3.8, 4) is 0 Å². The molecule has 2 saturated heterocycles. The minimum atomic E-state index is -1.75. The molecule has 6 aromatic rings. The number of carbonyl (C=O) groups is 6. The van der Waals surface area contributed by atoms with Crippen molar-refractivity contribution in [3.63, 3.8) is 0 Å². The van der Waals surface area contributed by atoms with E-state index >= 15 is 0 Å². The first-order valence-electron chi connectivity index (χ1n) is 22.7. The van der Waals surface area contributed by atoms with E-state index in [2.05, 4.69) is 0 Å². The van der Waals surface area contributed by atoms with Crippen molar-refractivity contribution in [2.45, 2.75) is 61.4 Å². The Hall–Kier alpha value is -8.06. The Bertz CT molecular complexity index is 2750. The van der Waals surface area contributed by atoms with Gasteiger partial charge in [-0.2, -0.15) is 0 Å². The standard InChI is InChI=1S/C55H48O17/c1-63-54-46(69-52(61)38-28-16-6-17-29-38)45(68-51(60)37-26-14-5-15-27-37)43(72-54)41(66-49(58)35-22-10-3-11-23-35)33-65-55-47(70-53(62)39-30-18-7-19-31-39)44(67-50(59)36-24-12-4-13-25-36)42(71-55)40(56)32-64-48(57)34-20-8-2-9-21-34/h2-31,40-47,54-56H,32-33H2,1H3/t40-,41-,42+,43+,44+,45+,46-,47-,54-,55-/m1/s1. The summed E-state index contributed by atoms with van der Waals surface area (Å²) in [6, 6.07) is 47.5. The van der Waals surface area contributed by atoms with E-state index in [4.69, 9.17) is 47.4 Å². The molecule has 2 fully saturated rings. The van der Waals surface area contributed by atoms with Crippen LogP contribution in [0.3, 0.4) is 0 Å².